The van der Waals surface area contributed by atoms with Crippen LogP contribution < -0.4 is 33.6 Å². The van der Waals surface area contributed by atoms with E-state index < -0.39 is 11.8 Å². The molecule has 5 rings (SSSR count). The number of para-hydroxylation sites is 1. The molecule has 9 N–H and O–H groups in total. The van der Waals surface area contributed by atoms with Crippen LogP contribution in [0.25, 0.3) is 16.6 Å². The standard InChI is InChI=1S/C25H24N4O3.C5H7N5O/c1-2-7-22-27-21-11-6-10-20(23(21)25(31)29(22)19-8-4-3-5-9-19)26-16-17-12-14-18(15-13-17)24(30)28-32;6-3-2(5(8)11)4(7)10-1-9-3/h3-6,8-15,26,32H,2,7,16H2,1H3,(H,28,30);1H,(H2,8,11)(H4,6,7,9,10). The van der Waals surface area contributed by atoms with E-state index in [-0.39, 0.29) is 22.8 Å². The van der Waals surface area contributed by atoms with E-state index in [1.807, 2.05) is 48.5 Å². The lowest BCUT2D eigenvalue weighted by Crippen LogP contribution is -2.24. The summed E-state index contributed by atoms with van der Waals surface area (Å²) in [7, 11) is 0. The van der Waals surface area contributed by atoms with E-state index in [0.717, 1.165) is 29.8 Å². The van der Waals surface area contributed by atoms with E-state index in [2.05, 4.69) is 22.2 Å². The van der Waals surface area contributed by atoms with Gasteiger partial charge < -0.3 is 22.5 Å². The highest BCUT2D eigenvalue weighted by Gasteiger charge is 2.15. The lowest BCUT2D eigenvalue weighted by atomic mass is 10.1. The summed E-state index contributed by atoms with van der Waals surface area (Å²) in [5, 5.41) is 12.6. The van der Waals surface area contributed by atoms with Crippen molar-refractivity contribution in [3.63, 3.8) is 0 Å². The maximum atomic E-state index is 13.6. The zero-order chi connectivity index (χ0) is 30.9. The third kappa shape index (κ3) is 6.92. The van der Waals surface area contributed by atoms with Crippen LogP contribution >= 0.6 is 0 Å². The monoisotopic (exact) mass is 581 g/mol. The number of amides is 2. The van der Waals surface area contributed by atoms with E-state index in [1.54, 1.807) is 34.3 Å². The van der Waals surface area contributed by atoms with Crippen LogP contribution in [0.4, 0.5) is 17.3 Å². The van der Waals surface area contributed by atoms with E-state index in [4.69, 9.17) is 27.4 Å². The molecule has 220 valence electrons. The van der Waals surface area contributed by atoms with Crippen molar-refractivity contribution >= 4 is 40.0 Å². The number of hydroxylamine groups is 1. The van der Waals surface area contributed by atoms with Gasteiger partial charge in [0.1, 0.15) is 29.4 Å². The number of nitrogens with zero attached hydrogens (tertiary/aromatic N) is 4. The molecule has 0 aliphatic carbocycles. The van der Waals surface area contributed by atoms with Crippen molar-refractivity contribution in [2.24, 2.45) is 5.73 Å². The Labute approximate surface area is 246 Å². The van der Waals surface area contributed by atoms with Gasteiger partial charge in [0.2, 0.25) is 0 Å². The molecule has 0 saturated carbocycles. The van der Waals surface area contributed by atoms with Gasteiger partial charge >= 0.3 is 0 Å². The number of primary amides is 1. The van der Waals surface area contributed by atoms with Crippen LogP contribution in [0.15, 0.2) is 83.9 Å². The number of hydrogen-bond acceptors (Lipinski definition) is 10. The van der Waals surface area contributed by atoms with Gasteiger partial charge in [0.25, 0.3) is 17.4 Å². The Morgan fingerprint density at radius 3 is 2.19 bits per heavy atom. The number of nitrogens with two attached hydrogens (primary N) is 3. The van der Waals surface area contributed by atoms with Gasteiger partial charge in [-0.2, -0.15) is 0 Å². The van der Waals surface area contributed by atoms with Gasteiger partial charge in [-0.3, -0.25) is 24.2 Å². The van der Waals surface area contributed by atoms with Crippen LogP contribution in [0.3, 0.4) is 0 Å². The zero-order valence-electron chi connectivity index (χ0n) is 23.3. The summed E-state index contributed by atoms with van der Waals surface area (Å²) in [5.74, 6) is -0.532. The summed E-state index contributed by atoms with van der Waals surface area (Å²) in [4.78, 5) is 47.6. The van der Waals surface area contributed by atoms with Gasteiger partial charge in [-0.15, -0.1) is 0 Å². The van der Waals surface area contributed by atoms with Crippen LogP contribution in [0.5, 0.6) is 0 Å². The Balaban J connectivity index is 0.000000324. The average Bonchev–Trinajstić information content (AvgIpc) is 3.00. The van der Waals surface area contributed by atoms with Crippen molar-refractivity contribution in [2.75, 3.05) is 16.8 Å². The number of nitrogens with one attached hydrogen (secondary N) is 2. The van der Waals surface area contributed by atoms with Crippen molar-refractivity contribution in [3.8, 4) is 5.69 Å². The molecule has 0 aliphatic rings. The molecule has 0 spiro atoms. The highest BCUT2D eigenvalue weighted by atomic mass is 16.5. The van der Waals surface area contributed by atoms with Crippen molar-refractivity contribution in [1.82, 2.24) is 25.0 Å². The van der Waals surface area contributed by atoms with E-state index in [0.29, 0.717) is 35.1 Å². The second kappa shape index (κ2) is 13.7. The summed E-state index contributed by atoms with van der Waals surface area (Å²) < 4.78 is 1.69. The molecular weight excluding hydrogens is 550 g/mol. The molecule has 0 saturated heterocycles. The van der Waals surface area contributed by atoms with Crippen molar-refractivity contribution < 1.29 is 14.8 Å². The first-order valence-electron chi connectivity index (χ1n) is 13.3. The Morgan fingerprint density at radius 1 is 0.930 bits per heavy atom. The second-order valence-corrected chi connectivity index (χ2v) is 9.33. The van der Waals surface area contributed by atoms with Crippen LogP contribution in [0.2, 0.25) is 0 Å². The number of aromatic nitrogens is 4. The third-order valence-electron chi connectivity index (χ3n) is 6.41. The molecular formula is C30H31N9O4. The third-order valence-corrected chi connectivity index (χ3v) is 6.41. The van der Waals surface area contributed by atoms with Gasteiger partial charge in [-0.25, -0.2) is 20.4 Å². The summed E-state index contributed by atoms with van der Waals surface area (Å²) >= 11 is 0. The SMILES string of the molecule is CCCc1nc2cccc(NCc3ccc(C(=O)NO)cc3)c2c(=O)n1-c1ccccc1.NC(=O)c1c(N)ncnc1N. The lowest BCUT2D eigenvalue weighted by Gasteiger charge is -2.15. The maximum absolute atomic E-state index is 13.6. The normalized spacial score (nSPS) is 10.5. The molecule has 0 radical (unpaired) electrons. The number of fused-ring (bicyclic) bond motifs is 1. The molecule has 2 amide bonds. The Hall–Kier alpha value is -5.82. The summed E-state index contributed by atoms with van der Waals surface area (Å²) in [6, 6.07) is 22.0. The Morgan fingerprint density at radius 2 is 1.60 bits per heavy atom. The number of carbonyl (C=O) groups is 2. The maximum Gasteiger partial charge on any atom is 0.274 e. The number of hydrogen-bond donors (Lipinski definition) is 6. The summed E-state index contributed by atoms with van der Waals surface area (Å²) in [5.41, 5.74) is 20.4. The molecule has 5 aromatic rings. The van der Waals surface area contributed by atoms with E-state index in [1.165, 1.54) is 0 Å². The first kappa shape index (κ1) is 30.1. The molecule has 2 heterocycles. The van der Waals surface area contributed by atoms with Gasteiger partial charge in [0, 0.05) is 24.2 Å². The van der Waals surface area contributed by atoms with Crippen LogP contribution in [0, 0.1) is 0 Å². The number of rotatable bonds is 8. The number of carbonyl (C=O) groups excluding carboxylic acids is 2. The highest BCUT2D eigenvalue weighted by Crippen LogP contribution is 2.22. The first-order valence-corrected chi connectivity index (χ1v) is 13.3. The quantitative estimate of drug-likeness (QED) is 0.116. The molecule has 2 aromatic heterocycles. The van der Waals surface area contributed by atoms with Gasteiger partial charge in [0.05, 0.1) is 16.6 Å². The van der Waals surface area contributed by atoms with Crippen LogP contribution in [-0.4, -0.2) is 36.5 Å². The molecule has 43 heavy (non-hydrogen) atoms. The Kier molecular flexibility index (Phi) is 9.60. The molecule has 0 aliphatic heterocycles. The molecule has 0 atom stereocenters. The summed E-state index contributed by atoms with van der Waals surface area (Å²) in [6.07, 6.45) is 2.75. The lowest BCUT2D eigenvalue weighted by molar-refractivity contribution is 0.0706. The fourth-order valence-corrected chi connectivity index (χ4v) is 4.36. The minimum absolute atomic E-state index is 0.00463. The topological polar surface area (TPSA) is 217 Å². The predicted molar refractivity (Wildman–Crippen MR) is 164 cm³/mol. The highest BCUT2D eigenvalue weighted by molar-refractivity contribution is 6.01. The molecule has 13 nitrogen and oxygen atoms in total. The molecule has 3 aromatic carbocycles. The number of aryl methyl sites for hydroxylation is 1. The number of nitrogen functional groups attached to an aromatic ring is 2. The largest absolute Gasteiger partial charge is 0.383 e. The van der Waals surface area contributed by atoms with Crippen molar-refractivity contribution in [3.05, 3.63) is 112 Å². The average molecular weight is 582 g/mol. The minimum atomic E-state index is -0.722. The summed E-state index contributed by atoms with van der Waals surface area (Å²) in [6.45, 7) is 2.53. The van der Waals surface area contributed by atoms with Crippen molar-refractivity contribution in [1.29, 1.82) is 0 Å². The first-order chi connectivity index (χ1) is 20.7. The molecule has 0 unspecified atom stereocenters. The van der Waals surface area contributed by atoms with Gasteiger partial charge in [-0.05, 0) is 48.4 Å². The predicted octanol–water partition coefficient (Wildman–Crippen LogP) is 2.81. The van der Waals surface area contributed by atoms with Crippen LogP contribution in [0.1, 0.15) is 45.4 Å². The minimum Gasteiger partial charge on any atom is -0.383 e. The molecule has 13 heteroatoms. The smallest absolute Gasteiger partial charge is 0.274 e. The molecule has 0 fully saturated rings. The second-order valence-electron chi connectivity index (χ2n) is 9.33. The van der Waals surface area contributed by atoms with E-state index in [9.17, 15) is 14.4 Å². The van der Waals surface area contributed by atoms with Gasteiger partial charge in [-0.1, -0.05) is 43.3 Å². The Bertz CT molecular complexity index is 1790. The molecule has 0 bridgehead atoms. The van der Waals surface area contributed by atoms with Crippen LogP contribution in [-0.2, 0) is 13.0 Å². The van der Waals surface area contributed by atoms with Crippen molar-refractivity contribution in [2.45, 2.75) is 26.3 Å². The number of anilines is 3. The number of benzene rings is 3. The fraction of sp³-hybridized carbons (Fsp3) is 0.133. The van der Waals surface area contributed by atoms with E-state index >= 15 is 0 Å². The zero-order valence-corrected chi connectivity index (χ0v) is 23.3. The fourth-order valence-electron chi connectivity index (χ4n) is 4.36. The van der Waals surface area contributed by atoms with Gasteiger partial charge in [0.15, 0.2) is 0 Å².